The smallest absolute Gasteiger partial charge is 0.231 e. The molecule has 14 nitrogen and oxygen atoms in total. The van der Waals surface area contributed by atoms with Crippen LogP contribution in [0.15, 0.2) is 49.1 Å². The summed E-state index contributed by atoms with van der Waals surface area (Å²) in [4.78, 5) is 41.0. The van der Waals surface area contributed by atoms with E-state index >= 15 is 0 Å². The van der Waals surface area contributed by atoms with E-state index in [1.165, 1.54) is 0 Å². The van der Waals surface area contributed by atoms with Crippen molar-refractivity contribution >= 4 is 56.6 Å². The number of halogens is 2. The number of amides is 2. The lowest BCUT2D eigenvalue weighted by Crippen LogP contribution is -2.15. The van der Waals surface area contributed by atoms with E-state index in [-0.39, 0.29) is 24.7 Å². The van der Waals surface area contributed by atoms with Crippen molar-refractivity contribution in [1.29, 1.82) is 0 Å². The first-order valence-corrected chi connectivity index (χ1v) is 15.9. The minimum absolute atomic E-state index is 0.278. The topological polar surface area (TPSA) is 197 Å². The molecule has 2 aliphatic carbocycles. The molecule has 0 bridgehead atoms. The predicted octanol–water partition coefficient (Wildman–Crippen LogP) is 4.43. The van der Waals surface area contributed by atoms with E-state index in [0.717, 1.165) is 33.3 Å². The third-order valence-electron chi connectivity index (χ3n) is 9.11. The molecule has 0 aliphatic heterocycles. The van der Waals surface area contributed by atoms with E-state index in [0.29, 0.717) is 45.4 Å². The lowest BCUT2D eigenvalue weighted by molar-refractivity contribution is -0.118. The molecule has 2 amide bonds. The van der Waals surface area contributed by atoms with Crippen LogP contribution in [-0.4, -0.2) is 63.7 Å². The maximum atomic E-state index is 13.0. The normalized spacial score (nSPS) is 19.2. The fourth-order valence-electron chi connectivity index (χ4n) is 5.57. The predicted molar refractivity (Wildman–Crippen MR) is 185 cm³/mol. The van der Waals surface area contributed by atoms with Gasteiger partial charge in [-0.2, -0.15) is 10.2 Å². The largest absolute Gasteiger partial charge is 0.383 e. The van der Waals surface area contributed by atoms with Crippen LogP contribution < -0.4 is 22.1 Å². The molecule has 6 heterocycles. The molecule has 0 radical (unpaired) electrons. The summed E-state index contributed by atoms with van der Waals surface area (Å²) in [6.07, 6.45) is 5.07. The Kier molecular flexibility index (Phi) is 8.08. The van der Waals surface area contributed by atoms with Gasteiger partial charge in [0.1, 0.15) is 35.6 Å². The van der Waals surface area contributed by atoms with Crippen LogP contribution in [0.25, 0.3) is 44.1 Å². The van der Waals surface area contributed by atoms with Crippen molar-refractivity contribution < 1.29 is 18.4 Å². The van der Waals surface area contributed by atoms with Crippen molar-refractivity contribution in [3.8, 4) is 22.5 Å². The van der Waals surface area contributed by atoms with Gasteiger partial charge in [0.15, 0.2) is 0 Å². The quantitative estimate of drug-likeness (QED) is 0.195. The van der Waals surface area contributed by atoms with Gasteiger partial charge in [-0.25, -0.2) is 28.7 Å². The maximum absolute atomic E-state index is 13.0. The summed E-state index contributed by atoms with van der Waals surface area (Å²) in [6.45, 7) is 3.90. The fourth-order valence-corrected chi connectivity index (χ4v) is 5.57. The molecule has 0 spiro atoms. The highest BCUT2D eigenvalue weighted by Gasteiger charge is 2.44. The molecule has 0 unspecified atom stereocenters. The molecule has 16 heteroatoms. The van der Waals surface area contributed by atoms with E-state index in [1.807, 2.05) is 40.1 Å². The summed E-state index contributed by atoms with van der Waals surface area (Å²) in [5, 5.41) is 16.7. The van der Waals surface area contributed by atoms with E-state index in [9.17, 15) is 18.4 Å². The van der Waals surface area contributed by atoms with Gasteiger partial charge in [-0.3, -0.25) is 19.0 Å². The van der Waals surface area contributed by atoms with Crippen molar-refractivity contribution in [2.24, 2.45) is 25.9 Å². The zero-order valence-electron chi connectivity index (χ0n) is 27.6. The molecular weight excluding hydrogens is 646 g/mol. The fraction of sp³-hybridized carbons (Fsp3) is 0.294. The van der Waals surface area contributed by atoms with Crippen molar-refractivity contribution in [3.05, 3.63) is 60.4 Å². The highest BCUT2D eigenvalue weighted by Crippen LogP contribution is 2.36. The Balaban J connectivity index is 0.000000157. The van der Waals surface area contributed by atoms with Crippen molar-refractivity contribution in [1.82, 2.24) is 39.5 Å². The Morgan fingerprint density at radius 3 is 1.40 bits per heavy atom. The molecule has 8 rings (SSSR count). The minimum Gasteiger partial charge on any atom is -0.383 e. The molecule has 0 aromatic carbocycles. The van der Waals surface area contributed by atoms with E-state index in [1.54, 1.807) is 46.3 Å². The minimum atomic E-state index is -1.04. The van der Waals surface area contributed by atoms with Gasteiger partial charge in [-0.15, -0.1) is 0 Å². The number of nitrogens with two attached hydrogens (primary N) is 2. The standard InChI is InChI=1S/2C17H17FN6O/c2*1-8-11(7-21-24(8)2)14-3-9-4-15(20-6-12(9)16(19)22-14)23-17(25)10-5-13(10)18/h2*3-4,6-7,10,13H,5H2,1-2H3,(H2,19,22)(H,20,23,25)/t2*10-,13+/m10/s1. The Labute approximate surface area is 284 Å². The SMILES string of the molecule is Cc1c(-c2cc3cc(NC(=O)[C@@H]4C[C@@H]4F)ncc3c(N)n2)cnn1C.Cc1c(-c2cc3cc(NC(=O)[C@H]4C[C@H]4F)ncc3c(N)n2)cnn1C. The first-order valence-electron chi connectivity index (χ1n) is 15.9. The number of pyridine rings is 4. The molecule has 50 heavy (non-hydrogen) atoms. The van der Waals surface area contributed by atoms with Crippen molar-refractivity contribution in [2.75, 3.05) is 22.1 Å². The van der Waals surface area contributed by atoms with Gasteiger partial charge < -0.3 is 22.1 Å². The van der Waals surface area contributed by atoms with Crippen LogP contribution in [0.1, 0.15) is 24.2 Å². The average molecular weight is 681 g/mol. The van der Waals surface area contributed by atoms with Crippen LogP contribution in [0, 0.1) is 25.7 Å². The molecule has 2 fully saturated rings. The van der Waals surface area contributed by atoms with Crippen LogP contribution in [0.4, 0.5) is 32.1 Å². The van der Waals surface area contributed by atoms with Gasteiger partial charge in [0.05, 0.1) is 35.6 Å². The highest BCUT2D eigenvalue weighted by atomic mass is 19.1. The number of anilines is 4. The average Bonchev–Trinajstić information content (AvgIpc) is 3.94. The number of hydrogen-bond acceptors (Lipinski definition) is 10. The van der Waals surface area contributed by atoms with Gasteiger partial charge >= 0.3 is 0 Å². The monoisotopic (exact) mass is 680 g/mol. The Hall–Kier alpha value is -6.06. The summed E-state index contributed by atoms with van der Waals surface area (Å²) in [5.41, 5.74) is 17.2. The molecular formula is C34H34F2N12O2. The summed E-state index contributed by atoms with van der Waals surface area (Å²) in [6, 6.07) is 7.19. The number of fused-ring (bicyclic) bond motifs is 2. The Bertz CT molecular complexity index is 2160. The summed E-state index contributed by atoms with van der Waals surface area (Å²) >= 11 is 0. The second-order valence-electron chi connectivity index (χ2n) is 12.6. The zero-order chi connectivity index (χ0) is 35.4. The molecule has 6 aromatic heterocycles. The summed E-state index contributed by atoms with van der Waals surface area (Å²) < 4.78 is 29.5. The summed E-state index contributed by atoms with van der Waals surface area (Å²) in [7, 11) is 3.72. The van der Waals surface area contributed by atoms with Crippen molar-refractivity contribution in [2.45, 2.75) is 39.0 Å². The molecule has 6 N–H and O–H groups in total. The number of alkyl halides is 2. The molecule has 256 valence electrons. The van der Waals surface area contributed by atoms with Crippen LogP contribution in [0.3, 0.4) is 0 Å². The summed E-state index contributed by atoms with van der Waals surface area (Å²) in [5.74, 6) is -0.358. The molecule has 0 saturated heterocycles. The van der Waals surface area contributed by atoms with Crippen LogP contribution >= 0.6 is 0 Å². The van der Waals surface area contributed by atoms with Gasteiger partial charge in [0, 0.05) is 59.8 Å². The number of hydrogen-bond donors (Lipinski definition) is 4. The van der Waals surface area contributed by atoms with E-state index < -0.39 is 24.2 Å². The Morgan fingerprint density at radius 1 is 0.700 bits per heavy atom. The highest BCUT2D eigenvalue weighted by molar-refractivity contribution is 6.00. The number of aryl methyl sites for hydroxylation is 2. The lowest BCUT2D eigenvalue weighted by Gasteiger charge is -2.08. The number of nitrogens with one attached hydrogen (secondary N) is 2. The van der Waals surface area contributed by atoms with E-state index in [4.69, 9.17) is 11.5 Å². The number of nitrogens with zero attached hydrogens (tertiary/aromatic N) is 8. The van der Waals surface area contributed by atoms with Crippen LogP contribution in [0.5, 0.6) is 0 Å². The van der Waals surface area contributed by atoms with Crippen molar-refractivity contribution in [3.63, 3.8) is 0 Å². The van der Waals surface area contributed by atoms with Crippen LogP contribution in [-0.2, 0) is 23.7 Å². The second-order valence-corrected chi connectivity index (χ2v) is 12.6. The maximum Gasteiger partial charge on any atom is 0.231 e. The zero-order valence-corrected chi connectivity index (χ0v) is 27.6. The molecule has 2 saturated carbocycles. The van der Waals surface area contributed by atoms with Gasteiger partial charge in [-0.1, -0.05) is 0 Å². The van der Waals surface area contributed by atoms with Gasteiger partial charge in [0.25, 0.3) is 0 Å². The van der Waals surface area contributed by atoms with E-state index in [2.05, 4.69) is 40.8 Å². The molecule has 2 aliphatic rings. The number of carbonyl (C=O) groups is 2. The van der Waals surface area contributed by atoms with Crippen LogP contribution in [0.2, 0.25) is 0 Å². The number of aromatic nitrogens is 8. The van der Waals surface area contributed by atoms with Gasteiger partial charge in [-0.05, 0) is 61.7 Å². The first-order chi connectivity index (χ1) is 23.9. The Morgan fingerprint density at radius 2 is 1.08 bits per heavy atom. The third-order valence-corrected chi connectivity index (χ3v) is 9.11. The number of nitrogen functional groups attached to an aromatic ring is 2. The number of carbonyl (C=O) groups excluding carboxylic acids is 2. The van der Waals surface area contributed by atoms with Gasteiger partial charge in [0.2, 0.25) is 11.8 Å². The second kappa shape index (κ2) is 12.4. The lowest BCUT2D eigenvalue weighted by atomic mass is 10.1. The third kappa shape index (κ3) is 6.26. The number of rotatable bonds is 6. The molecule has 6 aromatic rings. The first kappa shape index (κ1) is 32.5. The molecule has 4 atom stereocenters.